The number of rotatable bonds is 5. The monoisotopic (exact) mass is 381 g/mol. The number of nitrogens with one attached hydrogen (secondary N) is 1. The molecular weight excluding hydrogens is 354 g/mol. The van der Waals surface area contributed by atoms with Crippen molar-refractivity contribution in [2.45, 2.75) is 26.9 Å². The minimum atomic E-state index is -0.177. The molecule has 1 heterocycles. The van der Waals surface area contributed by atoms with Crippen molar-refractivity contribution >= 4 is 23.2 Å². The Morgan fingerprint density at radius 2 is 1.71 bits per heavy atom. The molecule has 1 fully saturated rings. The van der Waals surface area contributed by atoms with Crippen molar-refractivity contribution in [3.05, 3.63) is 54.1 Å². The van der Waals surface area contributed by atoms with Gasteiger partial charge >= 0.3 is 0 Å². The topological polar surface area (TPSA) is 61.9 Å². The van der Waals surface area contributed by atoms with E-state index >= 15 is 0 Å². The second-order valence-electron chi connectivity index (χ2n) is 7.16. The van der Waals surface area contributed by atoms with E-state index in [4.69, 9.17) is 4.74 Å². The molecule has 0 bridgehead atoms. The molecular formula is C22H27N3O3. The van der Waals surface area contributed by atoms with E-state index in [1.165, 1.54) is 0 Å². The average molecular weight is 381 g/mol. The Balaban J connectivity index is 1.73. The predicted octanol–water partition coefficient (Wildman–Crippen LogP) is 3.39. The molecule has 148 valence electrons. The third-order valence-corrected chi connectivity index (χ3v) is 4.69. The van der Waals surface area contributed by atoms with Crippen molar-refractivity contribution in [2.75, 3.05) is 36.4 Å². The van der Waals surface area contributed by atoms with Gasteiger partial charge in [-0.1, -0.05) is 18.2 Å². The van der Waals surface area contributed by atoms with Crippen LogP contribution in [0.3, 0.4) is 0 Å². The lowest BCUT2D eigenvalue weighted by atomic mass is 10.1. The van der Waals surface area contributed by atoms with Crippen LogP contribution in [0, 0.1) is 0 Å². The fraction of sp³-hybridized carbons (Fsp3) is 0.364. The molecule has 0 spiro atoms. The van der Waals surface area contributed by atoms with E-state index in [-0.39, 0.29) is 17.9 Å². The Kier molecular flexibility index (Phi) is 6.19. The summed E-state index contributed by atoms with van der Waals surface area (Å²) in [4.78, 5) is 28.4. The first-order valence-corrected chi connectivity index (χ1v) is 9.61. The van der Waals surface area contributed by atoms with Gasteiger partial charge in [0.1, 0.15) is 5.75 Å². The third-order valence-electron chi connectivity index (χ3n) is 4.69. The Morgan fingerprint density at radius 3 is 2.39 bits per heavy atom. The number of amides is 2. The van der Waals surface area contributed by atoms with Gasteiger partial charge in [-0.15, -0.1) is 0 Å². The molecule has 0 saturated carbocycles. The molecule has 3 rings (SSSR count). The standard InChI is InChI=1S/C22H27N3O3/c1-16(2)28-19-8-6-7-18(15-19)22(27)23-20-9-4-5-10-21(20)25-13-11-24(12-14-25)17(3)26/h4-10,15-16H,11-14H2,1-3H3,(H,23,27). The smallest absolute Gasteiger partial charge is 0.255 e. The summed E-state index contributed by atoms with van der Waals surface area (Å²) in [7, 11) is 0. The number of hydrogen-bond acceptors (Lipinski definition) is 4. The molecule has 0 radical (unpaired) electrons. The summed E-state index contributed by atoms with van der Waals surface area (Å²) in [6.07, 6.45) is 0.0488. The molecule has 28 heavy (non-hydrogen) atoms. The van der Waals surface area contributed by atoms with Crippen LogP contribution in [0.4, 0.5) is 11.4 Å². The van der Waals surface area contributed by atoms with Crippen LogP contribution in [-0.2, 0) is 4.79 Å². The molecule has 2 aromatic rings. The van der Waals surface area contributed by atoms with E-state index < -0.39 is 0 Å². The van der Waals surface area contributed by atoms with Gasteiger partial charge in [0.2, 0.25) is 5.91 Å². The molecule has 0 aromatic heterocycles. The zero-order valence-electron chi connectivity index (χ0n) is 16.6. The molecule has 0 atom stereocenters. The molecule has 2 aromatic carbocycles. The van der Waals surface area contributed by atoms with Crippen LogP contribution in [-0.4, -0.2) is 49.0 Å². The van der Waals surface area contributed by atoms with Gasteiger partial charge in [-0.2, -0.15) is 0 Å². The summed E-state index contributed by atoms with van der Waals surface area (Å²) in [6, 6.07) is 15.0. The number of ether oxygens (including phenoxy) is 1. The quantitative estimate of drug-likeness (QED) is 0.862. The molecule has 6 heteroatoms. The lowest BCUT2D eigenvalue weighted by molar-refractivity contribution is -0.129. The number of para-hydroxylation sites is 2. The van der Waals surface area contributed by atoms with Crippen molar-refractivity contribution in [3.63, 3.8) is 0 Å². The first-order chi connectivity index (χ1) is 13.4. The van der Waals surface area contributed by atoms with Crippen LogP contribution in [0.15, 0.2) is 48.5 Å². The Bertz CT molecular complexity index is 842. The van der Waals surface area contributed by atoms with Gasteiger partial charge in [0.15, 0.2) is 0 Å². The SMILES string of the molecule is CC(=O)N1CCN(c2ccccc2NC(=O)c2cccc(OC(C)C)c2)CC1. The van der Waals surface area contributed by atoms with Crippen molar-refractivity contribution < 1.29 is 14.3 Å². The number of anilines is 2. The maximum absolute atomic E-state index is 12.8. The van der Waals surface area contributed by atoms with Crippen molar-refractivity contribution in [3.8, 4) is 5.75 Å². The van der Waals surface area contributed by atoms with Gasteiger partial charge in [-0.3, -0.25) is 9.59 Å². The van der Waals surface area contributed by atoms with Gasteiger partial charge in [-0.05, 0) is 44.2 Å². The van der Waals surface area contributed by atoms with Gasteiger partial charge in [0.25, 0.3) is 5.91 Å². The minimum Gasteiger partial charge on any atom is -0.491 e. The minimum absolute atomic E-state index is 0.0488. The van der Waals surface area contributed by atoms with Crippen molar-refractivity contribution in [1.82, 2.24) is 4.90 Å². The maximum Gasteiger partial charge on any atom is 0.255 e. The van der Waals surface area contributed by atoms with Gasteiger partial charge in [0.05, 0.1) is 17.5 Å². The molecule has 0 aliphatic carbocycles. The summed E-state index contributed by atoms with van der Waals surface area (Å²) in [5.41, 5.74) is 2.28. The second kappa shape index (κ2) is 8.78. The molecule has 6 nitrogen and oxygen atoms in total. The summed E-state index contributed by atoms with van der Waals surface area (Å²) >= 11 is 0. The zero-order chi connectivity index (χ0) is 20.1. The lowest BCUT2D eigenvalue weighted by Crippen LogP contribution is -2.48. The van der Waals surface area contributed by atoms with Crippen LogP contribution in [0.5, 0.6) is 5.75 Å². The summed E-state index contributed by atoms with van der Waals surface area (Å²) in [5, 5.41) is 3.02. The first-order valence-electron chi connectivity index (χ1n) is 9.61. The van der Waals surface area contributed by atoms with Crippen molar-refractivity contribution in [2.24, 2.45) is 0 Å². The Morgan fingerprint density at radius 1 is 1.00 bits per heavy atom. The molecule has 1 N–H and O–H groups in total. The van der Waals surface area contributed by atoms with Crippen LogP contribution in [0.2, 0.25) is 0 Å². The van der Waals surface area contributed by atoms with Crippen LogP contribution in [0.25, 0.3) is 0 Å². The van der Waals surface area contributed by atoms with E-state index in [9.17, 15) is 9.59 Å². The molecule has 2 amide bonds. The van der Waals surface area contributed by atoms with Gasteiger partial charge in [0, 0.05) is 38.7 Å². The van der Waals surface area contributed by atoms with Crippen LogP contribution in [0.1, 0.15) is 31.1 Å². The number of carbonyl (C=O) groups is 2. The molecule has 1 aliphatic heterocycles. The third kappa shape index (κ3) is 4.82. The zero-order valence-corrected chi connectivity index (χ0v) is 16.6. The van der Waals surface area contributed by atoms with Gasteiger partial charge in [-0.25, -0.2) is 0 Å². The molecule has 0 unspecified atom stereocenters. The second-order valence-corrected chi connectivity index (χ2v) is 7.16. The number of piperazine rings is 1. The Labute approximate surface area is 166 Å². The lowest BCUT2D eigenvalue weighted by Gasteiger charge is -2.36. The highest BCUT2D eigenvalue weighted by atomic mass is 16.5. The number of hydrogen-bond donors (Lipinski definition) is 1. The van der Waals surface area contributed by atoms with E-state index in [2.05, 4.69) is 10.2 Å². The fourth-order valence-corrected chi connectivity index (χ4v) is 3.29. The van der Waals surface area contributed by atoms with E-state index in [1.54, 1.807) is 19.1 Å². The van der Waals surface area contributed by atoms with E-state index in [0.717, 1.165) is 24.5 Å². The largest absolute Gasteiger partial charge is 0.491 e. The normalized spacial score (nSPS) is 14.1. The maximum atomic E-state index is 12.8. The average Bonchev–Trinajstić information content (AvgIpc) is 2.68. The molecule has 1 saturated heterocycles. The predicted molar refractivity (Wildman–Crippen MR) is 111 cm³/mol. The summed E-state index contributed by atoms with van der Waals surface area (Å²) < 4.78 is 5.68. The molecule has 1 aliphatic rings. The van der Waals surface area contributed by atoms with E-state index in [1.807, 2.05) is 55.1 Å². The summed E-state index contributed by atoms with van der Waals surface area (Å²) in [6.45, 7) is 8.36. The van der Waals surface area contributed by atoms with E-state index in [0.29, 0.717) is 24.4 Å². The van der Waals surface area contributed by atoms with Gasteiger partial charge < -0.3 is 19.9 Å². The van der Waals surface area contributed by atoms with Crippen LogP contribution < -0.4 is 15.0 Å². The number of carbonyl (C=O) groups excluding carboxylic acids is 2. The van der Waals surface area contributed by atoms with Crippen LogP contribution >= 0.6 is 0 Å². The highest BCUT2D eigenvalue weighted by Gasteiger charge is 2.21. The summed E-state index contributed by atoms with van der Waals surface area (Å²) in [5.74, 6) is 0.602. The Hall–Kier alpha value is -3.02. The number of benzene rings is 2. The first kappa shape index (κ1) is 19.7. The van der Waals surface area contributed by atoms with Crippen molar-refractivity contribution in [1.29, 1.82) is 0 Å². The fourth-order valence-electron chi connectivity index (χ4n) is 3.29. The highest BCUT2D eigenvalue weighted by molar-refractivity contribution is 6.06. The highest BCUT2D eigenvalue weighted by Crippen LogP contribution is 2.27. The number of nitrogens with zero attached hydrogens (tertiary/aromatic N) is 2.